The van der Waals surface area contributed by atoms with Crippen LogP contribution in [0.4, 0.5) is 5.69 Å². The van der Waals surface area contributed by atoms with Crippen molar-refractivity contribution in [2.24, 2.45) is 0 Å². The van der Waals surface area contributed by atoms with Gasteiger partial charge in [-0.05, 0) is 37.0 Å². The van der Waals surface area contributed by atoms with Gasteiger partial charge in [0, 0.05) is 18.3 Å². The van der Waals surface area contributed by atoms with Crippen LogP contribution in [0.2, 0.25) is 0 Å². The number of nitrogen functional groups attached to an aromatic ring is 1. The average molecular weight is 314 g/mol. The van der Waals surface area contributed by atoms with E-state index in [0.717, 1.165) is 12.0 Å². The number of hydrogen-bond donors (Lipinski definition) is 2. The van der Waals surface area contributed by atoms with E-state index in [-0.39, 0.29) is 24.1 Å². The third kappa shape index (κ3) is 3.96. The maximum Gasteiger partial charge on any atom is 0.243 e. The topological polar surface area (TPSA) is 83.6 Å². The minimum Gasteiger partial charge on any atom is -0.398 e. The lowest BCUT2D eigenvalue weighted by Crippen LogP contribution is -2.41. The molecule has 1 aromatic rings. The molecule has 0 saturated carbocycles. The summed E-state index contributed by atoms with van der Waals surface area (Å²) in [5.41, 5.74) is 7.34. The SMILES string of the molecule is CCc1ccc(S(=O)(=O)N(CCO)C(CC)CC)cc1N. The van der Waals surface area contributed by atoms with Gasteiger partial charge < -0.3 is 10.8 Å². The van der Waals surface area contributed by atoms with Crippen molar-refractivity contribution in [3.05, 3.63) is 23.8 Å². The van der Waals surface area contributed by atoms with Crippen LogP contribution in [0.1, 0.15) is 39.2 Å². The summed E-state index contributed by atoms with van der Waals surface area (Å²) in [5.74, 6) is 0. The molecular weight excluding hydrogens is 288 g/mol. The predicted molar refractivity (Wildman–Crippen MR) is 85.6 cm³/mol. The zero-order valence-electron chi connectivity index (χ0n) is 13.0. The highest BCUT2D eigenvalue weighted by Gasteiger charge is 2.29. The third-order valence-corrected chi connectivity index (χ3v) is 5.72. The van der Waals surface area contributed by atoms with Crippen LogP contribution in [0.25, 0.3) is 0 Å². The smallest absolute Gasteiger partial charge is 0.243 e. The van der Waals surface area contributed by atoms with Crippen LogP contribution in [0.15, 0.2) is 23.1 Å². The Morgan fingerprint density at radius 1 is 1.24 bits per heavy atom. The first-order valence-electron chi connectivity index (χ1n) is 7.43. The van der Waals surface area contributed by atoms with E-state index in [1.165, 1.54) is 10.4 Å². The standard InChI is InChI=1S/C15H26N2O3S/c1-4-12-7-8-14(11-15(12)16)21(19,20)17(9-10-18)13(5-2)6-3/h7-8,11,13,18H,4-6,9-10,16H2,1-3H3. The number of anilines is 1. The van der Waals surface area contributed by atoms with Crippen LogP contribution in [0.3, 0.4) is 0 Å². The Kier molecular flexibility index (Phi) is 6.64. The Bertz CT molecular complexity index is 554. The molecule has 0 aliphatic rings. The second kappa shape index (κ2) is 7.77. The zero-order chi connectivity index (χ0) is 16.0. The van der Waals surface area contributed by atoms with Crippen molar-refractivity contribution in [2.45, 2.75) is 51.0 Å². The first-order chi connectivity index (χ1) is 9.92. The van der Waals surface area contributed by atoms with E-state index < -0.39 is 10.0 Å². The molecule has 120 valence electrons. The van der Waals surface area contributed by atoms with Crippen molar-refractivity contribution in [2.75, 3.05) is 18.9 Å². The molecule has 0 aliphatic carbocycles. The second-order valence-corrected chi connectivity index (χ2v) is 6.91. The van der Waals surface area contributed by atoms with Crippen LogP contribution in [0, 0.1) is 0 Å². The fourth-order valence-corrected chi connectivity index (χ4v) is 4.28. The maximum absolute atomic E-state index is 12.8. The molecule has 0 radical (unpaired) electrons. The third-order valence-electron chi connectivity index (χ3n) is 3.77. The first kappa shape index (κ1) is 17.9. The van der Waals surface area contributed by atoms with Crippen LogP contribution < -0.4 is 5.73 Å². The van der Waals surface area contributed by atoms with Crippen molar-refractivity contribution >= 4 is 15.7 Å². The number of aliphatic hydroxyl groups excluding tert-OH is 1. The Hall–Kier alpha value is -1.11. The maximum atomic E-state index is 12.8. The van der Waals surface area contributed by atoms with Crippen LogP contribution >= 0.6 is 0 Å². The summed E-state index contributed by atoms with van der Waals surface area (Å²) in [7, 11) is -3.64. The van der Waals surface area contributed by atoms with Gasteiger partial charge in [-0.3, -0.25) is 0 Å². The monoisotopic (exact) mass is 314 g/mol. The number of sulfonamides is 1. The van der Waals surface area contributed by atoms with Gasteiger partial charge in [0.25, 0.3) is 0 Å². The molecule has 0 atom stereocenters. The number of nitrogens with two attached hydrogens (primary N) is 1. The summed E-state index contributed by atoms with van der Waals surface area (Å²) in [5, 5.41) is 9.19. The van der Waals surface area contributed by atoms with E-state index in [1.807, 2.05) is 20.8 Å². The summed E-state index contributed by atoms with van der Waals surface area (Å²) >= 11 is 0. The van der Waals surface area contributed by atoms with Crippen molar-refractivity contribution in [1.82, 2.24) is 4.31 Å². The normalized spacial score (nSPS) is 12.3. The molecule has 0 fully saturated rings. The van der Waals surface area contributed by atoms with Gasteiger partial charge in [0.1, 0.15) is 0 Å². The number of aliphatic hydroxyl groups is 1. The van der Waals surface area contributed by atoms with Gasteiger partial charge in [-0.25, -0.2) is 8.42 Å². The van der Waals surface area contributed by atoms with Gasteiger partial charge in [0.15, 0.2) is 0 Å². The van der Waals surface area contributed by atoms with Crippen molar-refractivity contribution in [3.8, 4) is 0 Å². The highest BCUT2D eigenvalue weighted by Crippen LogP contribution is 2.24. The number of aryl methyl sites for hydroxylation is 1. The molecule has 1 rings (SSSR count). The summed E-state index contributed by atoms with van der Waals surface area (Å²) in [4.78, 5) is 0.192. The Labute approximate surface area is 127 Å². The number of rotatable bonds is 8. The fraction of sp³-hybridized carbons (Fsp3) is 0.600. The Balaban J connectivity index is 3.25. The van der Waals surface area contributed by atoms with Crippen molar-refractivity contribution in [1.29, 1.82) is 0 Å². The summed E-state index contributed by atoms with van der Waals surface area (Å²) in [6.07, 6.45) is 2.18. The second-order valence-electron chi connectivity index (χ2n) is 5.02. The lowest BCUT2D eigenvalue weighted by Gasteiger charge is -2.29. The lowest BCUT2D eigenvalue weighted by molar-refractivity contribution is 0.219. The summed E-state index contributed by atoms with van der Waals surface area (Å²) in [6, 6.07) is 4.75. The van der Waals surface area contributed by atoms with E-state index in [9.17, 15) is 13.5 Å². The molecule has 3 N–H and O–H groups in total. The number of benzene rings is 1. The van der Waals surface area contributed by atoms with Gasteiger partial charge in [-0.1, -0.05) is 26.8 Å². The van der Waals surface area contributed by atoms with Gasteiger partial charge in [-0.15, -0.1) is 0 Å². The number of hydrogen-bond acceptors (Lipinski definition) is 4. The molecule has 0 amide bonds. The number of nitrogens with zero attached hydrogens (tertiary/aromatic N) is 1. The van der Waals surface area contributed by atoms with Crippen LogP contribution in [-0.4, -0.2) is 37.0 Å². The molecule has 5 nitrogen and oxygen atoms in total. The first-order valence-corrected chi connectivity index (χ1v) is 8.87. The Morgan fingerprint density at radius 3 is 2.29 bits per heavy atom. The summed E-state index contributed by atoms with van der Waals surface area (Å²) in [6.45, 7) is 5.77. The van der Waals surface area contributed by atoms with Crippen LogP contribution in [-0.2, 0) is 16.4 Å². The molecule has 0 bridgehead atoms. The van der Waals surface area contributed by atoms with Gasteiger partial charge in [0.05, 0.1) is 11.5 Å². The van der Waals surface area contributed by atoms with Gasteiger partial charge in [0.2, 0.25) is 10.0 Å². The molecule has 0 heterocycles. The van der Waals surface area contributed by atoms with Crippen molar-refractivity contribution in [3.63, 3.8) is 0 Å². The molecule has 0 spiro atoms. The van der Waals surface area contributed by atoms with Gasteiger partial charge in [-0.2, -0.15) is 4.31 Å². The van der Waals surface area contributed by atoms with E-state index in [2.05, 4.69) is 0 Å². The lowest BCUT2D eigenvalue weighted by atomic mass is 10.1. The highest BCUT2D eigenvalue weighted by atomic mass is 32.2. The molecular formula is C15H26N2O3S. The molecule has 21 heavy (non-hydrogen) atoms. The molecule has 0 unspecified atom stereocenters. The molecule has 0 saturated heterocycles. The van der Waals surface area contributed by atoms with E-state index >= 15 is 0 Å². The largest absolute Gasteiger partial charge is 0.398 e. The molecule has 6 heteroatoms. The van der Waals surface area contributed by atoms with E-state index in [4.69, 9.17) is 5.73 Å². The molecule has 1 aromatic carbocycles. The minimum atomic E-state index is -3.64. The minimum absolute atomic E-state index is 0.101. The molecule has 0 aliphatic heterocycles. The van der Waals surface area contributed by atoms with Crippen molar-refractivity contribution < 1.29 is 13.5 Å². The van der Waals surface area contributed by atoms with Crippen LogP contribution in [0.5, 0.6) is 0 Å². The van der Waals surface area contributed by atoms with E-state index in [0.29, 0.717) is 18.5 Å². The summed E-state index contributed by atoms with van der Waals surface area (Å²) < 4.78 is 27.0. The Morgan fingerprint density at radius 2 is 1.86 bits per heavy atom. The average Bonchev–Trinajstić information content (AvgIpc) is 2.47. The highest BCUT2D eigenvalue weighted by molar-refractivity contribution is 7.89. The quantitative estimate of drug-likeness (QED) is 0.719. The zero-order valence-corrected chi connectivity index (χ0v) is 13.9. The van der Waals surface area contributed by atoms with E-state index in [1.54, 1.807) is 12.1 Å². The fourth-order valence-electron chi connectivity index (χ4n) is 2.48. The molecule has 0 aromatic heterocycles. The van der Waals surface area contributed by atoms with Gasteiger partial charge >= 0.3 is 0 Å². The predicted octanol–water partition coefficient (Wildman–Crippen LogP) is 2.00.